The van der Waals surface area contributed by atoms with Crippen molar-refractivity contribution in [2.45, 2.75) is 84.2 Å². The highest BCUT2D eigenvalue weighted by atomic mass is 16.6. The summed E-state index contributed by atoms with van der Waals surface area (Å²) in [4.78, 5) is 82.9. The Balaban J connectivity index is 2.14. The van der Waals surface area contributed by atoms with Crippen LogP contribution >= 0.6 is 0 Å². The second-order valence-corrected chi connectivity index (χ2v) is 11.8. The molecule has 246 valence electrons. The number of carbonyl (C=O) groups excluding carboxylic acids is 6. The molecule has 0 bridgehead atoms. The van der Waals surface area contributed by atoms with Gasteiger partial charge in [0.2, 0.25) is 23.6 Å². The van der Waals surface area contributed by atoms with Crippen molar-refractivity contribution in [1.29, 1.82) is 0 Å². The molecular formula is C30H43N7O8. The zero-order valence-corrected chi connectivity index (χ0v) is 26.2. The summed E-state index contributed by atoms with van der Waals surface area (Å²) in [6, 6.07) is 5.05. The van der Waals surface area contributed by atoms with Crippen LogP contribution < -0.4 is 27.0 Å². The number of benzene rings is 1. The highest BCUT2D eigenvalue weighted by Gasteiger charge is 2.32. The number of ether oxygens (including phenoxy) is 2. The number of alkyl carbamates (subject to hydrolysis) is 1. The van der Waals surface area contributed by atoms with E-state index in [9.17, 15) is 28.8 Å². The van der Waals surface area contributed by atoms with E-state index >= 15 is 0 Å². The Bertz CT molecular complexity index is 1290. The molecule has 0 radical (unpaired) electrons. The van der Waals surface area contributed by atoms with Crippen molar-refractivity contribution >= 4 is 35.7 Å². The van der Waals surface area contributed by atoms with Crippen LogP contribution in [0.2, 0.25) is 0 Å². The number of primary amides is 1. The highest BCUT2D eigenvalue weighted by Crippen LogP contribution is 2.09. The molecule has 0 aliphatic heterocycles. The maximum absolute atomic E-state index is 13.4. The third-order valence-corrected chi connectivity index (χ3v) is 6.01. The molecule has 0 spiro atoms. The molecule has 15 heteroatoms. The highest BCUT2D eigenvalue weighted by molar-refractivity contribution is 5.96. The van der Waals surface area contributed by atoms with Crippen LogP contribution in [0.3, 0.4) is 0 Å². The van der Waals surface area contributed by atoms with Gasteiger partial charge in [-0.15, -0.1) is 0 Å². The number of imidazole rings is 1. The number of nitrogens with one attached hydrogen (secondary N) is 5. The van der Waals surface area contributed by atoms with E-state index in [0.29, 0.717) is 5.69 Å². The number of H-pyrrole nitrogens is 1. The van der Waals surface area contributed by atoms with Crippen LogP contribution in [0.5, 0.6) is 0 Å². The second-order valence-electron chi connectivity index (χ2n) is 11.8. The van der Waals surface area contributed by atoms with Gasteiger partial charge in [0.05, 0.1) is 12.7 Å². The first kappa shape index (κ1) is 36.2. The molecule has 1 aromatic carbocycles. The van der Waals surface area contributed by atoms with Crippen molar-refractivity contribution in [3.05, 3.63) is 54.1 Å². The zero-order chi connectivity index (χ0) is 33.6. The Morgan fingerprint density at radius 3 is 2.13 bits per heavy atom. The smallest absolute Gasteiger partial charge is 0.408 e. The number of carbonyl (C=O) groups is 6. The molecular weight excluding hydrogens is 586 g/mol. The zero-order valence-electron chi connectivity index (χ0n) is 26.2. The lowest BCUT2D eigenvalue weighted by atomic mass is 10.0. The minimum absolute atomic E-state index is 0.0506. The first-order valence-electron chi connectivity index (χ1n) is 14.5. The molecule has 2 rings (SSSR count). The van der Waals surface area contributed by atoms with E-state index in [0.717, 1.165) is 5.56 Å². The molecule has 0 aliphatic rings. The van der Waals surface area contributed by atoms with Crippen LogP contribution in [0.15, 0.2) is 42.9 Å². The van der Waals surface area contributed by atoms with Gasteiger partial charge >= 0.3 is 12.1 Å². The van der Waals surface area contributed by atoms with Crippen molar-refractivity contribution in [2.24, 2.45) is 11.7 Å². The Kier molecular flexibility index (Phi) is 14.0. The lowest BCUT2D eigenvalue weighted by molar-refractivity contribution is -0.154. The van der Waals surface area contributed by atoms with Crippen LogP contribution in [0.1, 0.15) is 58.7 Å². The summed E-state index contributed by atoms with van der Waals surface area (Å²) < 4.78 is 10.4. The fourth-order valence-electron chi connectivity index (χ4n) is 4.05. The normalized spacial score (nSPS) is 13.1. The lowest BCUT2D eigenvalue weighted by Gasteiger charge is -2.25. The number of nitrogens with zero attached hydrogens (tertiary/aromatic N) is 1. The van der Waals surface area contributed by atoms with Gasteiger partial charge in [-0.05, 0) is 38.7 Å². The lowest BCUT2D eigenvalue weighted by Crippen LogP contribution is -2.58. The average Bonchev–Trinajstić information content (AvgIpc) is 3.46. The first-order chi connectivity index (χ1) is 21.1. The van der Waals surface area contributed by atoms with E-state index in [2.05, 4.69) is 31.2 Å². The predicted octanol–water partition coefficient (Wildman–Crippen LogP) is 0.596. The van der Waals surface area contributed by atoms with Crippen molar-refractivity contribution in [2.75, 3.05) is 6.54 Å². The van der Waals surface area contributed by atoms with Crippen molar-refractivity contribution < 1.29 is 38.2 Å². The fraction of sp³-hybridized carbons (Fsp3) is 0.500. The summed E-state index contributed by atoms with van der Waals surface area (Å²) in [6.07, 6.45) is 1.48. The van der Waals surface area contributed by atoms with Gasteiger partial charge in [0.1, 0.15) is 36.9 Å². The third kappa shape index (κ3) is 14.4. The fourth-order valence-corrected chi connectivity index (χ4v) is 4.05. The number of aromatic nitrogens is 2. The maximum Gasteiger partial charge on any atom is 0.408 e. The molecule has 45 heavy (non-hydrogen) atoms. The number of hydrogen-bond donors (Lipinski definition) is 6. The van der Waals surface area contributed by atoms with Gasteiger partial charge in [-0.2, -0.15) is 0 Å². The van der Waals surface area contributed by atoms with E-state index < -0.39 is 72.4 Å². The number of nitrogens with two attached hydrogens (primary N) is 1. The van der Waals surface area contributed by atoms with Gasteiger partial charge in [-0.25, -0.2) is 9.78 Å². The molecule has 0 fully saturated rings. The van der Waals surface area contributed by atoms with Crippen LogP contribution in [0.4, 0.5) is 4.79 Å². The topological polar surface area (TPSA) is 224 Å². The van der Waals surface area contributed by atoms with E-state index in [4.69, 9.17) is 15.2 Å². The van der Waals surface area contributed by atoms with E-state index in [1.165, 1.54) is 12.5 Å². The van der Waals surface area contributed by atoms with Crippen LogP contribution in [0.25, 0.3) is 0 Å². The summed E-state index contributed by atoms with van der Waals surface area (Å²) in [7, 11) is 0. The number of hydrogen-bond acceptors (Lipinski definition) is 9. The quantitative estimate of drug-likeness (QED) is 0.143. The van der Waals surface area contributed by atoms with E-state index in [1.54, 1.807) is 45.0 Å². The molecule has 1 heterocycles. The molecule has 1 aromatic heterocycles. The predicted molar refractivity (Wildman–Crippen MR) is 162 cm³/mol. The standard InChI is InChI=1S/C30H43N7O8/c1-18(2)11-21(26(40)33-15-25(39)45-30(3,4)5)35-28(42)23(13-24(31)38)36-27(41)22(12-20-14-32-17-34-20)37-29(43)44-16-19-9-7-6-8-10-19/h6-10,14,17-18,21-23H,11-13,15-16H2,1-5H3,(H2,31,38)(H,32,34)(H,33,40)(H,35,42)(H,36,41)(H,37,43)/t21-,22+,23+/m0/s1. The monoisotopic (exact) mass is 629 g/mol. The SMILES string of the molecule is CC(C)C[C@H](NC(=O)[C@@H](CC(N)=O)NC(=O)[C@@H](Cc1cnc[nH]1)NC(=O)OCc1ccccc1)C(=O)NCC(=O)OC(C)(C)C. The molecule has 0 saturated carbocycles. The Morgan fingerprint density at radius 1 is 0.911 bits per heavy atom. The maximum atomic E-state index is 13.4. The van der Waals surface area contributed by atoms with Gasteiger partial charge in [-0.1, -0.05) is 44.2 Å². The van der Waals surface area contributed by atoms with Crippen LogP contribution in [-0.4, -0.2) is 75.9 Å². The van der Waals surface area contributed by atoms with Gasteiger partial charge in [-0.3, -0.25) is 24.0 Å². The second kappa shape index (κ2) is 17.4. The Hall–Kier alpha value is -4.95. The first-order valence-corrected chi connectivity index (χ1v) is 14.5. The minimum atomic E-state index is -1.49. The van der Waals surface area contributed by atoms with E-state index in [1.807, 2.05) is 19.9 Å². The van der Waals surface area contributed by atoms with Crippen molar-refractivity contribution in [3.63, 3.8) is 0 Å². The van der Waals surface area contributed by atoms with Crippen molar-refractivity contribution in [3.8, 4) is 0 Å². The van der Waals surface area contributed by atoms with Gasteiger partial charge in [0, 0.05) is 18.3 Å². The summed E-state index contributed by atoms with van der Waals surface area (Å²) in [6.45, 7) is 8.23. The minimum Gasteiger partial charge on any atom is -0.459 e. The van der Waals surface area contributed by atoms with Crippen LogP contribution in [-0.2, 0) is 46.5 Å². The molecule has 0 unspecified atom stereocenters. The Labute approximate surface area is 261 Å². The molecule has 7 N–H and O–H groups in total. The average molecular weight is 630 g/mol. The van der Waals surface area contributed by atoms with Gasteiger partial charge in [0.15, 0.2) is 0 Å². The van der Waals surface area contributed by atoms with Gasteiger partial charge in [0.25, 0.3) is 0 Å². The Morgan fingerprint density at radius 2 is 1.56 bits per heavy atom. The van der Waals surface area contributed by atoms with Gasteiger partial charge < -0.3 is 41.5 Å². The summed E-state index contributed by atoms with van der Waals surface area (Å²) in [5, 5.41) is 9.91. The number of amides is 5. The summed E-state index contributed by atoms with van der Waals surface area (Å²) in [5.41, 5.74) is 5.84. The molecule has 3 atom stereocenters. The molecule has 5 amide bonds. The number of esters is 1. The molecule has 15 nitrogen and oxygen atoms in total. The van der Waals surface area contributed by atoms with E-state index in [-0.39, 0.29) is 25.4 Å². The summed E-state index contributed by atoms with van der Waals surface area (Å²) >= 11 is 0. The third-order valence-electron chi connectivity index (χ3n) is 6.01. The molecule has 0 saturated heterocycles. The van der Waals surface area contributed by atoms with Crippen molar-refractivity contribution in [1.82, 2.24) is 31.2 Å². The molecule has 2 aromatic rings. The largest absolute Gasteiger partial charge is 0.459 e. The number of rotatable bonds is 16. The van der Waals surface area contributed by atoms with Crippen LogP contribution in [0, 0.1) is 5.92 Å². The summed E-state index contributed by atoms with van der Waals surface area (Å²) in [5.74, 6) is -3.97. The molecule has 0 aliphatic carbocycles. The number of aromatic amines is 1.